The van der Waals surface area contributed by atoms with Crippen LogP contribution in [0.15, 0.2) is 24.3 Å². The number of nitrogens with one attached hydrogen (secondary N) is 1. The molecule has 2 heterocycles. The number of rotatable bonds is 7. The van der Waals surface area contributed by atoms with Gasteiger partial charge in [0.25, 0.3) is 10.2 Å². The van der Waals surface area contributed by atoms with Crippen LogP contribution >= 0.6 is 11.8 Å². The lowest BCUT2D eigenvalue weighted by Gasteiger charge is -2.40. The number of thioether (sulfide) groups is 1. The third-order valence-electron chi connectivity index (χ3n) is 5.22. The maximum Gasteiger partial charge on any atom is 0.282 e. The van der Waals surface area contributed by atoms with E-state index >= 15 is 0 Å². The van der Waals surface area contributed by atoms with Gasteiger partial charge in [-0.3, -0.25) is 9.59 Å². The van der Waals surface area contributed by atoms with Crippen LogP contribution in [0.2, 0.25) is 0 Å². The molecule has 2 saturated heterocycles. The summed E-state index contributed by atoms with van der Waals surface area (Å²) in [7, 11) is -3.59. The van der Waals surface area contributed by atoms with Gasteiger partial charge in [-0.05, 0) is 38.1 Å². The van der Waals surface area contributed by atoms with Crippen LogP contribution in [0.3, 0.4) is 0 Å². The molecule has 2 fully saturated rings. The van der Waals surface area contributed by atoms with Gasteiger partial charge in [-0.15, -0.1) is 11.8 Å². The minimum atomic E-state index is -3.59. The second-order valence-electron chi connectivity index (χ2n) is 7.91. The minimum Gasteiger partial charge on any atom is -0.373 e. The quantitative estimate of drug-likeness (QED) is 0.615. The van der Waals surface area contributed by atoms with Crippen LogP contribution in [-0.4, -0.2) is 96.7 Å². The fourth-order valence-corrected chi connectivity index (χ4v) is 6.17. The average molecular weight is 489 g/mol. The Hall–Kier alpha value is -1.73. The summed E-state index contributed by atoms with van der Waals surface area (Å²) in [4.78, 5) is 26.1. The molecular weight excluding hydrogens is 459 g/mol. The Morgan fingerprint density at radius 1 is 1.03 bits per heavy atom. The van der Waals surface area contributed by atoms with Crippen molar-refractivity contribution >= 4 is 39.5 Å². The first-order valence-electron chi connectivity index (χ1n) is 10.5. The highest BCUT2D eigenvalue weighted by atomic mass is 32.2. The van der Waals surface area contributed by atoms with Crippen molar-refractivity contribution in [3.05, 3.63) is 30.1 Å². The molecule has 9 nitrogen and oxygen atoms in total. The van der Waals surface area contributed by atoms with E-state index in [0.717, 1.165) is 0 Å². The highest BCUT2D eigenvalue weighted by Gasteiger charge is 2.37. The number of hydrogen-bond donors (Lipinski definition) is 1. The Balaban J connectivity index is 1.40. The molecular formula is C20H29FN4O5S2. The number of carbonyl (C=O) groups excluding carboxylic acids is 2. The first-order chi connectivity index (χ1) is 15.1. The van der Waals surface area contributed by atoms with E-state index in [1.807, 2.05) is 13.8 Å². The average Bonchev–Trinajstić information content (AvgIpc) is 2.74. The number of halogens is 1. The Morgan fingerprint density at radius 3 is 2.22 bits per heavy atom. The van der Waals surface area contributed by atoms with Crippen molar-refractivity contribution in [1.82, 2.24) is 13.5 Å². The molecule has 3 rings (SSSR count). The molecule has 178 valence electrons. The maximum absolute atomic E-state index is 12.9. The van der Waals surface area contributed by atoms with E-state index in [4.69, 9.17) is 4.74 Å². The summed E-state index contributed by atoms with van der Waals surface area (Å²) in [6, 6.07) is 5.45. The Labute approximate surface area is 192 Å². The highest BCUT2D eigenvalue weighted by molar-refractivity contribution is 8.00. The van der Waals surface area contributed by atoms with Crippen molar-refractivity contribution in [3.63, 3.8) is 0 Å². The van der Waals surface area contributed by atoms with Gasteiger partial charge in [-0.2, -0.15) is 17.0 Å². The van der Waals surface area contributed by atoms with E-state index in [2.05, 4.69) is 5.32 Å². The van der Waals surface area contributed by atoms with Gasteiger partial charge in [0.15, 0.2) is 0 Å². The van der Waals surface area contributed by atoms with Crippen molar-refractivity contribution in [1.29, 1.82) is 0 Å². The van der Waals surface area contributed by atoms with Gasteiger partial charge in [-0.1, -0.05) is 0 Å². The van der Waals surface area contributed by atoms with Crippen molar-refractivity contribution in [2.75, 3.05) is 56.1 Å². The van der Waals surface area contributed by atoms with Crippen LogP contribution < -0.4 is 5.32 Å². The largest absolute Gasteiger partial charge is 0.373 e. The van der Waals surface area contributed by atoms with Gasteiger partial charge in [0.2, 0.25) is 11.8 Å². The first kappa shape index (κ1) is 24.9. The summed E-state index contributed by atoms with van der Waals surface area (Å²) < 4.78 is 47.3. The molecule has 0 bridgehead atoms. The molecule has 2 aliphatic heterocycles. The van der Waals surface area contributed by atoms with Gasteiger partial charge in [0, 0.05) is 45.0 Å². The summed E-state index contributed by atoms with van der Waals surface area (Å²) in [5, 5.41) is 2.64. The molecule has 0 aliphatic carbocycles. The zero-order chi connectivity index (χ0) is 23.3. The van der Waals surface area contributed by atoms with E-state index in [1.54, 1.807) is 4.90 Å². The number of carbonyl (C=O) groups is 2. The van der Waals surface area contributed by atoms with Crippen molar-refractivity contribution in [3.8, 4) is 0 Å². The molecule has 32 heavy (non-hydrogen) atoms. The number of ether oxygens (including phenoxy) is 1. The third kappa shape index (κ3) is 6.64. The normalized spacial score (nSPS) is 23.2. The van der Waals surface area contributed by atoms with Crippen molar-refractivity contribution < 1.29 is 27.1 Å². The van der Waals surface area contributed by atoms with Crippen LogP contribution in [0.5, 0.6) is 0 Å². The standard InChI is InChI=1S/C20H29FN4O5S2/c1-15-11-25(12-16(2)30-15)32(28,29)24-9-7-23(8-10-24)20(27)14-31-13-19(26)22-18-5-3-17(21)4-6-18/h3-6,15-16H,7-14H2,1-2H3,(H,22,26). The van der Waals surface area contributed by atoms with Gasteiger partial charge in [0.05, 0.1) is 23.7 Å². The summed E-state index contributed by atoms with van der Waals surface area (Å²) in [6.07, 6.45) is -0.317. The second kappa shape index (κ2) is 10.9. The summed E-state index contributed by atoms with van der Waals surface area (Å²) in [6.45, 7) is 5.46. The fraction of sp³-hybridized carbons (Fsp3) is 0.600. The lowest BCUT2D eigenvalue weighted by Crippen LogP contribution is -2.57. The SMILES string of the molecule is CC1CN(S(=O)(=O)N2CCN(C(=O)CSCC(=O)Nc3ccc(F)cc3)CC2)CC(C)O1. The number of benzene rings is 1. The van der Waals surface area contributed by atoms with Crippen molar-refractivity contribution in [2.45, 2.75) is 26.1 Å². The predicted molar refractivity (Wildman–Crippen MR) is 121 cm³/mol. The van der Waals surface area contributed by atoms with Crippen LogP contribution in [0, 0.1) is 5.82 Å². The van der Waals surface area contributed by atoms with E-state index in [0.29, 0.717) is 31.9 Å². The van der Waals surface area contributed by atoms with Gasteiger partial charge in [-0.25, -0.2) is 4.39 Å². The summed E-state index contributed by atoms with van der Waals surface area (Å²) >= 11 is 1.18. The molecule has 12 heteroatoms. The van der Waals surface area contributed by atoms with Crippen molar-refractivity contribution in [2.24, 2.45) is 0 Å². The third-order valence-corrected chi connectivity index (χ3v) is 8.10. The van der Waals surface area contributed by atoms with E-state index in [1.165, 1.54) is 44.6 Å². The zero-order valence-electron chi connectivity index (χ0n) is 18.2. The molecule has 1 N–H and O–H groups in total. The number of anilines is 1. The van der Waals surface area contributed by atoms with Crippen LogP contribution in [0.4, 0.5) is 10.1 Å². The number of hydrogen-bond acceptors (Lipinski definition) is 6. The Kier molecular flexibility index (Phi) is 8.50. The predicted octanol–water partition coefficient (Wildman–Crippen LogP) is 0.996. The van der Waals surface area contributed by atoms with Crippen LogP contribution in [0.1, 0.15) is 13.8 Å². The summed E-state index contributed by atoms with van der Waals surface area (Å²) in [5.74, 6) is -0.577. The first-order valence-corrected chi connectivity index (χ1v) is 13.0. The fourth-order valence-electron chi connectivity index (χ4n) is 3.70. The van der Waals surface area contributed by atoms with Crippen LogP contribution in [-0.2, 0) is 24.5 Å². The number of piperazine rings is 1. The monoisotopic (exact) mass is 488 g/mol. The lowest BCUT2D eigenvalue weighted by atomic mass is 10.3. The molecule has 2 unspecified atom stereocenters. The molecule has 2 aliphatic rings. The maximum atomic E-state index is 12.9. The molecule has 0 radical (unpaired) electrons. The number of amides is 2. The van der Waals surface area contributed by atoms with Gasteiger partial charge >= 0.3 is 0 Å². The van der Waals surface area contributed by atoms with E-state index in [9.17, 15) is 22.4 Å². The Bertz CT molecular complexity index is 897. The van der Waals surface area contributed by atoms with Gasteiger partial charge < -0.3 is 15.0 Å². The minimum absolute atomic E-state index is 0.0882. The molecule has 1 aromatic rings. The molecule has 0 spiro atoms. The zero-order valence-corrected chi connectivity index (χ0v) is 19.8. The molecule has 0 aromatic heterocycles. The molecule has 2 amide bonds. The van der Waals surface area contributed by atoms with Crippen LogP contribution in [0.25, 0.3) is 0 Å². The molecule has 0 saturated carbocycles. The van der Waals surface area contributed by atoms with E-state index < -0.39 is 10.2 Å². The topological polar surface area (TPSA) is 99.3 Å². The lowest BCUT2D eigenvalue weighted by molar-refractivity contribution is -0.129. The molecule has 2 atom stereocenters. The highest BCUT2D eigenvalue weighted by Crippen LogP contribution is 2.19. The molecule has 1 aromatic carbocycles. The van der Waals surface area contributed by atoms with Gasteiger partial charge in [0.1, 0.15) is 5.82 Å². The summed E-state index contributed by atoms with van der Waals surface area (Å²) in [5.41, 5.74) is 0.490. The number of morpholine rings is 1. The smallest absolute Gasteiger partial charge is 0.282 e. The number of nitrogens with zero attached hydrogens (tertiary/aromatic N) is 3. The van der Waals surface area contributed by atoms with E-state index in [-0.39, 0.29) is 54.4 Å². The Morgan fingerprint density at radius 2 is 1.62 bits per heavy atom. The second-order valence-corrected chi connectivity index (χ2v) is 10.8.